The zero-order valence-electron chi connectivity index (χ0n) is 9.21. The van der Waals surface area contributed by atoms with Gasteiger partial charge in [-0.2, -0.15) is 8.78 Å². The van der Waals surface area contributed by atoms with Crippen LogP contribution in [0.1, 0.15) is 20.8 Å². The molecule has 0 aliphatic heterocycles. The van der Waals surface area contributed by atoms with Gasteiger partial charge in [0, 0.05) is 0 Å². The number of carboxylic acid groups (broad SMARTS) is 1. The molecule has 5 nitrogen and oxygen atoms in total. The fraction of sp³-hybridized carbons (Fsp3) is 0.778. The van der Waals surface area contributed by atoms with E-state index in [0.29, 0.717) is 0 Å². The first-order chi connectivity index (χ1) is 7.04. The Labute approximate surface area is 91.3 Å². The average Bonchev–Trinajstić information content (AvgIpc) is 1.99. The Balaban J connectivity index is 3.92. The topological polar surface area (TPSA) is 75.7 Å². The maximum absolute atomic E-state index is 12.4. The van der Waals surface area contributed by atoms with Gasteiger partial charge < -0.3 is 19.4 Å². The summed E-state index contributed by atoms with van der Waals surface area (Å²) in [7, 11) is 0. The van der Waals surface area contributed by atoms with Crippen molar-refractivity contribution < 1.29 is 33.0 Å². The van der Waals surface area contributed by atoms with Gasteiger partial charge in [-0.15, -0.1) is 0 Å². The molecule has 0 amide bonds. The van der Waals surface area contributed by atoms with Crippen molar-refractivity contribution in [3.8, 4) is 0 Å². The lowest BCUT2D eigenvalue weighted by atomic mass is 10.2. The molecule has 0 aliphatic rings. The number of ether oxygens (including phenoxy) is 2. The van der Waals surface area contributed by atoms with Crippen LogP contribution in [-0.2, 0) is 19.1 Å². The second-order valence-corrected chi connectivity index (χ2v) is 4.07. The van der Waals surface area contributed by atoms with Crippen LogP contribution in [0.4, 0.5) is 8.78 Å². The van der Waals surface area contributed by atoms with E-state index in [1.807, 2.05) is 0 Å². The van der Waals surface area contributed by atoms with Crippen LogP contribution in [0.5, 0.6) is 0 Å². The van der Waals surface area contributed by atoms with Gasteiger partial charge in [-0.1, -0.05) is 0 Å². The Morgan fingerprint density at radius 2 is 1.75 bits per heavy atom. The minimum Gasteiger partial charge on any atom is -0.544 e. The largest absolute Gasteiger partial charge is 0.544 e. The van der Waals surface area contributed by atoms with Crippen LogP contribution < -0.4 is 5.11 Å². The van der Waals surface area contributed by atoms with Crippen molar-refractivity contribution in [3.63, 3.8) is 0 Å². The summed E-state index contributed by atoms with van der Waals surface area (Å²) in [6.07, 6.45) is 0. The lowest BCUT2D eigenvalue weighted by Gasteiger charge is -2.20. The van der Waals surface area contributed by atoms with Crippen molar-refractivity contribution in [3.05, 3.63) is 0 Å². The molecule has 0 fully saturated rings. The summed E-state index contributed by atoms with van der Waals surface area (Å²) in [6, 6.07) is 0. The molecular weight excluding hydrogens is 226 g/mol. The van der Waals surface area contributed by atoms with Gasteiger partial charge >= 0.3 is 11.9 Å². The SMILES string of the molecule is CC(C)(C)OC(=O)COCC(F)(F)C(=O)[O-]. The monoisotopic (exact) mass is 239 g/mol. The third-order valence-electron chi connectivity index (χ3n) is 1.22. The number of carbonyl (C=O) groups is 2. The summed E-state index contributed by atoms with van der Waals surface area (Å²) < 4.78 is 33.8. The molecule has 0 bridgehead atoms. The maximum atomic E-state index is 12.4. The summed E-state index contributed by atoms with van der Waals surface area (Å²) in [6.45, 7) is 2.64. The van der Waals surface area contributed by atoms with Crippen LogP contribution in [0.25, 0.3) is 0 Å². The molecule has 0 aromatic heterocycles. The Morgan fingerprint density at radius 3 is 2.12 bits per heavy atom. The molecule has 0 aliphatic carbocycles. The van der Waals surface area contributed by atoms with Crippen molar-refractivity contribution in [1.82, 2.24) is 0 Å². The van der Waals surface area contributed by atoms with E-state index in [-0.39, 0.29) is 0 Å². The van der Waals surface area contributed by atoms with Gasteiger partial charge in [-0.05, 0) is 20.8 Å². The highest BCUT2D eigenvalue weighted by Gasteiger charge is 2.31. The fourth-order valence-electron chi connectivity index (χ4n) is 0.692. The number of hydrogen-bond acceptors (Lipinski definition) is 5. The molecule has 0 heterocycles. The summed E-state index contributed by atoms with van der Waals surface area (Å²) in [5, 5.41) is 9.87. The van der Waals surface area contributed by atoms with E-state index in [2.05, 4.69) is 4.74 Å². The Hall–Kier alpha value is -1.24. The van der Waals surface area contributed by atoms with E-state index in [0.717, 1.165) is 0 Å². The first kappa shape index (κ1) is 14.8. The predicted octanol–water partition coefficient (Wildman–Crippen LogP) is -0.270. The highest BCUT2D eigenvalue weighted by molar-refractivity contribution is 5.73. The lowest BCUT2D eigenvalue weighted by molar-refractivity contribution is -0.332. The molecule has 0 saturated carbocycles. The van der Waals surface area contributed by atoms with Gasteiger partial charge in [0.15, 0.2) is 0 Å². The lowest BCUT2D eigenvalue weighted by Crippen LogP contribution is -2.45. The molecule has 0 spiro atoms. The van der Waals surface area contributed by atoms with Crippen molar-refractivity contribution >= 4 is 11.9 Å². The zero-order chi connectivity index (χ0) is 13.0. The summed E-state index contributed by atoms with van der Waals surface area (Å²) in [5.41, 5.74) is -0.753. The van der Waals surface area contributed by atoms with Crippen molar-refractivity contribution in [2.45, 2.75) is 32.3 Å². The average molecular weight is 239 g/mol. The molecule has 0 aromatic carbocycles. The molecule has 0 saturated heterocycles. The number of alkyl halides is 2. The van der Waals surface area contributed by atoms with Crippen LogP contribution in [-0.4, -0.2) is 36.7 Å². The molecule has 0 radical (unpaired) electrons. The van der Waals surface area contributed by atoms with Gasteiger partial charge in [-0.25, -0.2) is 4.79 Å². The summed E-state index contributed by atoms with van der Waals surface area (Å²) in [4.78, 5) is 20.8. The third-order valence-corrected chi connectivity index (χ3v) is 1.22. The second kappa shape index (κ2) is 5.20. The number of hydrogen-bond donors (Lipinski definition) is 0. The molecule has 0 unspecified atom stereocenters. The van der Waals surface area contributed by atoms with E-state index in [1.165, 1.54) is 0 Å². The summed E-state index contributed by atoms with van der Waals surface area (Å²) >= 11 is 0. The minimum absolute atomic E-state index is 0.736. The molecular formula is C9H13F2O5-. The molecule has 0 aromatic rings. The van der Waals surface area contributed by atoms with E-state index >= 15 is 0 Å². The Bertz CT molecular complexity index is 270. The van der Waals surface area contributed by atoms with Crippen LogP contribution >= 0.6 is 0 Å². The van der Waals surface area contributed by atoms with Gasteiger partial charge in [-0.3, -0.25) is 0 Å². The third kappa shape index (κ3) is 6.28. The standard InChI is InChI=1S/C9H14F2O5/c1-8(2,3)16-6(12)4-15-5-9(10,11)7(13)14/h4-5H2,1-3H3,(H,13,14)/p-1. The number of carboxylic acids is 1. The van der Waals surface area contributed by atoms with Crippen LogP contribution in [0.15, 0.2) is 0 Å². The van der Waals surface area contributed by atoms with Crippen LogP contribution in [0.3, 0.4) is 0 Å². The van der Waals surface area contributed by atoms with Gasteiger partial charge in [0.1, 0.15) is 24.8 Å². The summed E-state index contributed by atoms with van der Waals surface area (Å²) in [5.74, 6) is -7.50. The Kier molecular flexibility index (Phi) is 4.80. The zero-order valence-corrected chi connectivity index (χ0v) is 9.21. The van der Waals surface area contributed by atoms with Crippen molar-refractivity contribution in [2.24, 2.45) is 0 Å². The second-order valence-electron chi connectivity index (χ2n) is 4.07. The number of rotatable bonds is 5. The quantitative estimate of drug-likeness (QED) is 0.617. The highest BCUT2D eigenvalue weighted by Crippen LogP contribution is 2.12. The molecule has 0 rings (SSSR count). The van der Waals surface area contributed by atoms with Crippen molar-refractivity contribution in [2.75, 3.05) is 13.2 Å². The molecule has 0 N–H and O–H groups in total. The van der Waals surface area contributed by atoms with Crippen LogP contribution in [0.2, 0.25) is 0 Å². The first-order valence-corrected chi connectivity index (χ1v) is 4.43. The molecule has 16 heavy (non-hydrogen) atoms. The molecule has 94 valence electrons. The number of halogens is 2. The van der Waals surface area contributed by atoms with E-state index in [9.17, 15) is 23.5 Å². The molecule has 7 heteroatoms. The van der Waals surface area contributed by atoms with Crippen molar-refractivity contribution in [1.29, 1.82) is 0 Å². The first-order valence-electron chi connectivity index (χ1n) is 4.43. The number of esters is 1. The van der Waals surface area contributed by atoms with Gasteiger partial charge in [0.2, 0.25) is 0 Å². The van der Waals surface area contributed by atoms with Crippen LogP contribution in [0, 0.1) is 0 Å². The van der Waals surface area contributed by atoms with E-state index < -0.39 is 36.7 Å². The minimum atomic E-state index is -4.11. The predicted molar refractivity (Wildman–Crippen MR) is 46.6 cm³/mol. The Morgan fingerprint density at radius 1 is 1.25 bits per heavy atom. The number of aliphatic carboxylic acids is 1. The van der Waals surface area contributed by atoms with Gasteiger partial charge in [0.25, 0.3) is 0 Å². The smallest absolute Gasteiger partial charge is 0.332 e. The van der Waals surface area contributed by atoms with Gasteiger partial charge in [0.05, 0.1) is 0 Å². The highest BCUT2D eigenvalue weighted by atomic mass is 19.3. The van der Waals surface area contributed by atoms with E-state index in [4.69, 9.17) is 4.74 Å². The number of carbonyl (C=O) groups excluding carboxylic acids is 2. The normalized spacial score (nSPS) is 12.3. The fourth-order valence-corrected chi connectivity index (χ4v) is 0.692. The van der Waals surface area contributed by atoms with E-state index in [1.54, 1.807) is 20.8 Å². The maximum Gasteiger partial charge on any atom is 0.332 e. The molecule has 0 atom stereocenters.